The van der Waals surface area contributed by atoms with Crippen molar-refractivity contribution in [3.63, 3.8) is 0 Å². The minimum absolute atomic E-state index is 0. The van der Waals surface area contributed by atoms with Gasteiger partial charge in [0.05, 0.1) is 0 Å². The molecule has 2 aliphatic rings. The molecule has 2 fully saturated rings. The number of halogens is 2. The summed E-state index contributed by atoms with van der Waals surface area (Å²) in [5.74, 6) is 0.903. The van der Waals surface area contributed by atoms with E-state index in [0.29, 0.717) is 5.92 Å². The van der Waals surface area contributed by atoms with E-state index < -0.39 is 0 Å². The fourth-order valence-electron chi connectivity index (χ4n) is 3.88. The van der Waals surface area contributed by atoms with E-state index in [1.807, 2.05) is 24.1 Å². The zero-order valence-electron chi connectivity index (χ0n) is 16.5. The normalized spacial score (nSPS) is 19.3. The van der Waals surface area contributed by atoms with Gasteiger partial charge in [-0.25, -0.2) is 0 Å². The van der Waals surface area contributed by atoms with Crippen molar-refractivity contribution in [3.05, 3.63) is 35.4 Å². The van der Waals surface area contributed by atoms with Crippen LogP contribution in [0.2, 0.25) is 0 Å². The lowest BCUT2D eigenvalue weighted by Gasteiger charge is -2.33. The van der Waals surface area contributed by atoms with Crippen LogP contribution in [-0.2, 0) is 6.54 Å². The molecule has 2 heterocycles. The molecule has 1 aromatic rings. The molecule has 2 saturated heterocycles. The molecule has 0 spiro atoms. The van der Waals surface area contributed by atoms with Crippen LogP contribution in [0.4, 0.5) is 0 Å². The van der Waals surface area contributed by atoms with E-state index in [2.05, 4.69) is 34.3 Å². The standard InChI is InChI=1S/C20H32N4O.2ClH/c1-21-15-17-6-8-24(9-7-17)20(25)19-5-3-4-18(14-19)16-23-12-10-22(2)11-13-23;;/h3-5,14,17,21H,6-13,15-16H2,1-2H3;2*1H. The van der Waals surface area contributed by atoms with Gasteiger partial charge in [0.25, 0.3) is 5.91 Å². The number of nitrogens with one attached hydrogen (secondary N) is 1. The van der Waals surface area contributed by atoms with Gasteiger partial charge in [-0.2, -0.15) is 0 Å². The molecular formula is C20H34Cl2N4O. The van der Waals surface area contributed by atoms with Crippen molar-refractivity contribution in [2.75, 3.05) is 59.9 Å². The number of nitrogens with zero attached hydrogens (tertiary/aromatic N) is 3. The van der Waals surface area contributed by atoms with Gasteiger partial charge < -0.3 is 15.1 Å². The number of piperidine rings is 1. The lowest BCUT2D eigenvalue weighted by Crippen LogP contribution is -2.43. The number of hydrogen-bond donors (Lipinski definition) is 1. The first-order valence-corrected chi connectivity index (χ1v) is 9.59. The summed E-state index contributed by atoms with van der Waals surface area (Å²) >= 11 is 0. The number of rotatable bonds is 5. The Bertz CT molecular complexity index is 571. The molecule has 1 aromatic carbocycles. The van der Waals surface area contributed by atoms with Gasteiger partial charge in [-0.1, -0.05) is 12.1 Å². The van der Waals surface area contributed by atoms with Crippen LogP contribution in [0.25, 0.3) is 0 Å². The van der Waals surface area contributed by atoms with Gasteiger partial charge in [-0.05, 0) is 57.1 Å². The van der Waals surface area contributed by atoms with E-state index in [0.717, 1.165) is 70.8 Å². The number of likely N-dealkylation sites (N-methyl/N-ethyl adjacent to an activating group) is 1. The van der Waals surface area contributed by atoms with Crippen molar-refractivity contribution in [2.24, 2.45) is 5.92 Å². The minimum atomic E-state index is 0. The van der Waals surface area contributed by atoms with Gasteiger partial charge in [0.2, 0.25) is 0 Å². The maximum Gasteiger partial charge on any atom is 0.253 e. The highest BCUT2D eigenvalue weighted by Gasteiger charge is 2.23. The van der Waals surface area contributed by atoms with E-state index in [1.54, 1.807) is 0 Å². The number of carbonyl (C=O) groups excluding carboxylic acids is 1. The Kier molecular flexibility index (Phi) is 10.6. The zero-order chi connectivity index (χ0) is 17.6. The van der Waals surface area contributed by atoms with E-state index in [4.69, 9.17) is 0 Å². The van der Waals surface area contributed by atoms with Crippen LogP contribution in [0.3, 0.4) is 0 Å². The summed E-state index contributed by atoms with van der Waals surface area (Å²) in [6.07, 6.45) is 2.21. The molecule has 5 nitrogen and oxygen atoms in total. The van der Waals surface area contributed by atoms with Crippen molar-refractivity contribution in [2.45, 2.75) is 19.4 Å². The minimum Gasteiger partial charge on any atom is -0.339 e. The highest BCUT2D eigenvalue weighted by Crippen LogP contribution is 2.19. The van der Waals surface area contributed by atoms with Gasteiger partial charge in [0.1, 0.15) is 0 Å². The van der Waals surface area contributed by atoms with Crippen LogP contribution in [0.15, 0.2) is 24.3 Å². The van der Waals surface area contributed by atoms with Crippen molar-refractivity contribution in [1.82, 2.24) is 20.0 Å². The second-order valence-corrected chi connectivity index (χ2v) is 7.57. The second-order valence-electron chi connectivity index (χ2n) is 7.57. The van der Waals surface area contributed by atoms with Crippen molar-refractivity contribution < 1.29 is 4.79 Å². The Hall–Kier alpha value is -0.850. The molecule has 0 aliphatic carbocycles. The number of benzene rings is 1. The third-order valence-electron chi connectivity index (χ3n) is 5.57. The molecular weight excluding hydrogens is 383 g/mol. The number of piperazine rings is 1. The molecule has 0 atom stereocenters. The van der Waals surface area contributed by atoms with Crippen LogP contribution >= 0.6 is 24.8 Å². The molecule has 27 heavy (non-hydrogen) atoms. The lowest BCUT2D eigenvalue weighted by atomic mass is 9.96. The van der Waals surface area contributed by atoms with Crippen LogP contribution in [0.1, 0.15) is 28.8 Å². The summed E-state index contributed by atoms with van der Waals surface area (Å²) in [6, 6.07) is 8.25. The van der Waals surface area contributed by atoms with E-state index in [1.165, 1.54) is 5.56 Å². The number of carbonyl (C=O) groups is 1. The van der Waals surface area contributed by atoms with Crippen molar-refractivity contribution in [3.8, 4) is 0 Å². The molecule has 3 rings (SSSR count). The summed E-state index contributed by atoms with van der Waals surface area (Å²) in [6.45, 7) is 8.23. The topological polar surface area (TPSA) is 38.8 Å². The fourth-order valence-corrected chi connectivity index (χ4v) is 3.88. The van der Waals surface area contributed by atoms with Crippen LogP contribution in [-0.4, -0.2) is 80.5 Å². The molecule has 7 heteroatoms. The molecule has 0 aromatic heterocycles. The van der Waals surface area contributed by atoms with Crippen LogP contribution < -0.4 is 5.32 Å². The zero-order valence-corrected chi connectivity index (χ0v) is 18.2. The first-order valence-electron chi connectivity index (χ1n) is 9.59. The Morgan fingerprint density at radius 3 is 2.37 bits per heavy atom. The monoisotopic (exact) mass is 416 g/mol. The predicted octanol–water partition coefficient (Wildman–Crippen LogP) is 2.35. The SMILES string of the molecule is CNCC1CCN(C(=O)c2cccc(CN3CCN(C)CC3)c2)CC1.Cl.Cl. The van der Waals surface area contributed by atoms with Crippen molar-refractivity contribution in [1.29, 1.82) is 0 Å². The maximum atomic E-state index is 12.8. The maximum absolute atomic E-state index is 12.8. The quantitative estimate of drug-likeness (QED) is 0.799. The molecule has 0 bridgehead atoms. The summed E-state index contributed by atoms with van der Waals surface area (Å²) in [5, 5.41) is 3.25. The molecule has 2 aliphatic heterocycles. The van der Waals surface area contributed by atoms with Gasteiger partial charge in [0.15, 0.2) is 0 Å². The number of amides is 1. The Morgan fingerprint density at radius 1 is 1.07 bits per heavy atom. The highest BCUT2D eigenvalue weighted by molar-refractivity contribution is 5.94. The van der Waals surface area contributed by atoms with Crippen molar-refractivity contribution >= 4 is 30.7 Å². The second kappa shape index (κ2) is 11.9. The fraction of sp³-hybridized carbons (Fsp3) is 0.650. The third kappa shape index (κ3) is 6.91. The number of hydrogen-bond acceptors (Lipinski definition) is 4. The summed E-state index contributed by atoms with van der Waals surface area (Å²) in [4.78, 5) is 19.7. The molecule has 1 N–H and O–H groups in total. The lowest BCUT2D eigenvalue weighted by molar-refractivity contribution is 0.0690. The van der Waals surface area contributed by atoms with Gasteiger partial charge in [-0.15, -0.1) is 24.8 Å². The summed E-state index contributed by atoms with van der Waals surface area (Å²) < 4.78 is 0. The Morgan fingerprint density at radius 2 is 1.74 bits per heavy atom. The first-order chi connectivity index (χ1) is 12.2. The Balaban J connectivity index is 0.00000182. The molecule has 1 amide bonds. The van der Waals surface area contributed by atoms with Crippen LogP contribution in [0, 0.1) is 5.92 Å². The predicted molar refractivity (Wildman–Crippen MR) is 116 cm³/mol. The van der Waals surface area contributed by atoms with E-state index in [-0.39, 0.29) is 30.7 Å². The van der Waals surface area contributed by atoms with Gasteiger partial charge in [-0.3, -0.25) is 9.69 Å². The number of likely N-dealkylation sites (tertiary alicyclic amines) is 1. The molecule has 0 saturated carbocycles. The Labute approximate surface area is 176 Å². The summed E-state index contributed by atoms with van der Waals surface area (Å²) in [5.41, 5.74) is 2.10. The highest BCUT2D eigenvalue weighted by atomic mass is 35.5. The van der Waals surface area contributed by atoms with Gasteiger partial charge in [0, 0.05) is 51.4 Å². The van der Waals surface area contributed by atoms with E-state index >= 15 is 0 Å². The average Bonchev–Trinajstić information content (AvgIpc) is 2.64. The smallest absolute Gasteiger partial charge is 0.253 e. The molecule has 0 radical (unpaired) electrons. The summed E-state index contributed by atoms with van der Waals surface area (Å²) in [7, 11) is 4.18. The average molecular weight is 417 g/mol. The first kappa shape index (κ1) is 24.2. The van der Waals surface area contributed by atoms with Crippen LogP contribution in [0.5, 0.6) is 0 Å². The largest absolute Gasteiger partial charge is 0.339 e. The molecule has 0 unspecified atom stereocenters. The van der Waals surface area contributed by atoms with E-state index in [9.17, 15) is 4.79 Å². The third-order valence-corrected chi connectivity index (χ3v) is 5.57. The molecule has 154 valence electrons. The van der Waals surface area contributed by atoms with Gasteiger partial charge >= 0.3 is 0 Å².